The average Bonchev–Trinajstić information content (AvgIpc) is 2.84. The molecule has 0 unspecified atom stereocenters. The van der Waals surface area contributed by atoms with Gasteiger partial charge < -0.3 is 5.32 Å². The number of halogens is 2. The molecule has 1 N–H and O–H groups in total. The van der Waals surface area contributed by atoms with Crippen molar-refractivity contribution in [2.45, 2.75) is 19.9 Å². The van der Waals surface area contributed by atoms with E-state index in [0.29, 0.717) is 18.1 Å². The quantitative estimate of drug-likeness (QED) is 0.862. The maximum Gasteiger partial charge on any atom is 0.249 e. The summed E-state index contributed by atoms with van der Waals surface area (Å²) >= 11 is 0. The van der Waals surface area contributed by atoms with E-state index >= 15 is 0 Å². The Morgan fingerprint density at radius 1 is 1.43 bits per heavy atom. The number of hydrogen-bond acceptors (Lipinski definition) is 3. The molecule has 1 amide bonds. The zero-order valence-electron chi connectivity index (χ0n) is 12.4. The summed E-state index contributed by atoms with van der Waals surface area (Å²) in [7, 11) is 0. The number of benzene rings is 1. The number of nitriles is 1. The smallest absolute Gasteiger partial charge is 0.249 e. The van der Waals surface area contributed by atoms with E-state index in [4.69, 9.17) is 5.26 Å². The van der Waals surface area contributed by atoms with Gasteiger partial charge in [0.15, 0.2) is 0 Å². The molecule has 0 saturated carbocycles. The first kappa shape index (κ1) is 16.4. The fourth-order valence-corrected chi connectivity index (χ4v) is 1.97. The Bertz CT molecular complexity index is 770. The summed E-state index contributed by atoms with van der Waals surface area (Å²) in [6.07, 6.45) is 2.36. The summed E-state index contributed by atoms with van der Waals surface area (Å²) in [6.45, 7) is 2.09. The van der Waals surface area contributed by atoms with Gasteiger partial charge in [0.25, 0.3) is 0 Å². The number of nitrogens with zero attached hydrogens (tertiary/aromatic N) is 3. The fourth-order valence-electron chi connectivity index (χ4n) is 1.97. The number of anilines is 1. The van der Waals surface area contributed by atoms with Crippen LogP contribution in [0.3, 0.4) is 0 Å². The Morgan fingerprint density at radius 2 is 2.13 bits per heavy atom. The highest BCUT2D eigenvalue weighted by Crippen LogP contribution is 2.14. The average molecular weight is 316 g/mol. The topological polar surface area (TPSA) is 70.7 Å². The van der Waals surface area contributed by atoms with Crippen molar-refractivity contribution >= 4 is 17.8 Å². The molecule has 1 aromatic heterocycles. The highest BCUT2D eigenvalue weighted by Gasteiger charge is 2.09. The van der Waals surface area contributed by atoms with Crippen LogP contribution in [0.15, 0.2) is 30.3 Å². The van der Waals surface area contributed by atoms with Gasteiger partial charge in [-0.05, 0) is 25.1 Å². The van der Waals surface area contributed by atoms with Gasteiger partial charge >= 0.3 is 0 Å². The molecule has 23 heavy (non-hydrogen) atoms. The number of rotatable bonds is 5. The number of nitrogens with one attached hydrogen (secondary N) is 1. The third-order valence-electron chi connectivity index (χ3n) is 2.99. The van der Waals surface area contributed by atoms with Crippen LogP contribution < -0.4 is 5.32 Å². The predicted octanol–water partition coefficient (Wildman–Crippen LogP) is 3.04. The van der Waals surface area contributed by atoms with Crippen LogP contribution in [-0.2, 0) is 11.3 Å². The molecule has 0 aliphatic heterocycles. The van der Waals surface area contributed by atoms with Crippen molar-refractivity contribution in [1.29, 1.82) is 5.26 Å². The molecule has 0 aliphatic carbocycles. The second kappa shape index (κ2) is 7.31. The lowest BCUT2D eigenvalue weighted by Gasteiger charge is -2.05. The van der Waals surface area contributed by atoms with Crippen LogP contribution in [0.2, 0.25) is 0 Å². The molecule has 5 nitrogen and oxygen atoms in total. The van der Waals surface area contributed by atoms with Gasteiger partial charge in [0.05, 0.1) is 24.7 Å². The fraction of sp³-hybridized carbons (Fsp3) is 0.188. The van der Waals surface area contributed by atoms with E-state index in [9.17, 15) is 13.6 Å². The lowest BCUT2D eigenvalue weighted by Crippen LogP contribution is -2.13. The number of carbonyl (C=O) groups is 1. The maximum absolute atomic E-state index is 13.5. The minimum absolute atomic E-state index is 0.250. The minimum Gasteiger partial charge on any atom is -0.307 e. The molecule has 1 aromatic carbocycles. The standard InChI is InChI=1S/C16H14F2N4O/c1-11-10-15(22(21-11)9-3-8-19)20-16(23)7-6-12-13(17)4-2-5-14(12)18/h2,4-7,10H,3,9H2,1H3,(H,20,23)/b7-6+. The van der Waals surface area contributed by atoms with E-state index in [1.54, 1.807) is 13.0 Å². The van der Waals surface area contributed by atoms with Gasteiger partial charge in [0.2, 0.25) is 5.91 Å². The normalized spacial score (nSPS) is 10.7. The monoisotopic (exact) mass is 316 g/mol. The number of aryl methyl sites for hydroxylation is 2. The first-order chi connectivity index (χ1) is 11.0. The molecule has 0 bridgehead atoms. The van der Waals surface area contributed by atoms with Crippen LogP contribution in [0.4, 0.5) is 14.6 Å². The van der Waals surface area contributed by atoms with E-state index < -0.39 is 17.5 Å². The zero-order valence-corrected chi connectivity index (χ0v) is 12.4. The highest BCUT2D eigenvalue weighted by atomic mass is 19.1. The summed E-state index contributed by atoms with van der Waals surface area (Å²) < 4.78 is 28.4. The molecule has 0 spiro atoms. The summed E-state index contributed by atoms with van der Waals surface area (Å²) in [5.41, 5.74) is 0.402. The van der Waals surface area contributed by atoms with Crippen molar-refractivity contribution < 1.29 is 13.6 Å². The lowest BCUT2D eigenvalue weighted by atomic mass is 10.2. The third kappa shape index (κ3) is 4.23. The summed E-state index contributed by atoms with van der Waals surface area (Å²) in [5, 5.41) is 15.3. The first-order valence-electron chi connectivity index (χ1n) is 6.85. The molecule has 0 atom stereocenters. The van der Waals surface area contributed by atoms with E-state index in [-0.39, 0.29) is 12.0 Å². The minimum atomic E-state index is -0.746. The van der Waals surface area contributed by atoms with Gasteiger partial charge in [-0.25, -0.2) is 13.5 Å². The number of amides is 1. The SMILES string of the molecule is Cc1cc(NC(=O)/C=C/c2c(F)cccc2F)n(CCC#N)n1. The third-order valence-corrected chi connectivity index (χ3v) is 2.99. The van der Waals surface area contributed by atoms with Crippen molar-refractivity contribution in [2.24, 2.45) is 0 Å². The van der Waals surface area contributed by atoms with Gasteiger partial charge in [0, 0.05) is 17.7 Å². The van der Waals surface area contributed by atoms with Crippen molar-refractivity contribution in [3.63, 3.8) is 0 Å². The van der Waals surface area contributed by atoms with Crippen molar-refractivity contribution in [3.8, 4) is 6.07 Å². The molecule has 0 aliphatic rings. The lowest BCUT2D eigenvalue weighted by molar-refractivity contribution is -0.111. The summed E-state index contributed by atoms with van der Waals surface area (Å²) in [5.74, 6) is -1.62. The molecule has 7 heteroatoms. The van der Waals surface area contributed by atoms with Crippen molar-refractivity contribution in [1.82, 2.24) is 9.78 Å². The van der Waals surface area contributed by atoms with Crippen molar-refractivity contribution in [3.05, 3.63) is 53.2 Å². The Morgan fingerprint density at radius 3 is 2.78 bits per heavy atom. The number of aromatic nitrogens is 2. The van der Waals surface area contributed by atoms with Gasteiger partial charge in [0.1, 0.15) is 17.5 Å². The highest BCUT2D eigenvalue weighted by molar-refractivity contribution is 6.01. The van der Waals surface area contributed by atoms with Crippen LogP contribution in [0.5, 0.6) is 0 Å². The van der Waals surface area contributed by atoms with Crippen LogP contribution >= 0.6 is 0 Å². The second-order valence-corrected chi connectivity index (χ2v) is 4.76. The molecule has 118 valence electrons. The maximum atomic E-state index is 13.5. The molecular weight excluding hydrogens is 302 g/mol. The zero-order chi connectivity index (χ0) is 16.8. The summed E-state index contributed by atoms with van der Waals surface area (Å²) in [4.78, 5) is 11.9. The Hall–Kier alpha value is -3.01. The largest absolute Gasteiger partial charge is 0.307 e. The molecule has 2 aromatic rings. The molecule has 0 saturated heterocycles. The molecule has 0 radical (unpaired) electrons. The van der Waals surface area contributed by atoms with E-state index in [1.807, 2.05) is 6.07 Å². The first-order valence-corrected chi connectivity index (χ1v) is 6.85. The van der Waals surface area contributed by atoms with Crippen molar-refractivity contribution in [2.75, 3.05) is 5.32 Å². The van der Waals surface area contributed by atoms with Crippen LogP contribution in [0, 0.1) is 29.9 Å². The Balaban J connectivity index is 2.11. The number of carbonyl (C=O) groups excluding carboxylic acids is 1. The predicted molar refractivity (Wildman–Crippen MR) is 81.2 cm³/mol. The van der Waals surface area contributed by atoms with E-state index in [1.165, 1.54) is 10.7 Å². The van der Waals surface area contributed by atoms with Gasteiger partial charge in [-0.15, -0.1) is 0 Å². The van der Waals surface area contributed by atoms with E-state index in [2.05, 4.69) is 10.4 Å². The van der Waals surface area contributed by atoms with Gasteiger partial charge in [-0.1, -0.05) is 6.07 Å². The summed E-state index contributed by atoms with van der Waals surface area (Å²) in [6, 6.07) is 7.11. The second-order valence-electron chi connectivity index (χ2n) is 4.76. The molecule has 2 rings (SSSR count). The Labute approximate surface area is 131 Å². The van der Waals surface area contributed by atoms with Crippen LogP contribution in [0.1, 0.15) is 17.7 Å². The Kier molecular flexibility index (Phi) is 5.20. The number of hydrogen-bond donors (Lipinski definition) is 1. The molecule has 1 heterocycles. The van der Waals surface area contributed by atoms with Gasteiger partial charge in [-0.2, -0.15) is 10.4 Å². The van der Waals surface area contributed by atoms with Crippen LogP contribution in [0.25, 0.3) is 6.08 Å². The molecule has 0 fully saturated rings. The van der Waals surface area contributed by atoms with Crippen LogP contribution in [-0.4, -0.2) is 15.7 Å². The van der Waals surface area contributed by atoms with Gasteiger partial charge in [-0.3, -0.25) is 4.79 Å². The van der Waals surface area contributed by atoms with E-state index in [0.717, 1.165) is 24.3 Å². The molecular formula is C16H14F2N4O.